The summed E-state index contributed by atoms with van der Waals surface area (Å²) in [4.78, 5) is 27.9. The number of aryl methyl sites for hydroxylation is 1. The van der Waals surface area contributed by atoms with Crippen molar-refractivity contribution in [2.45, 2.75) is 44.7 Å². The second-order valence-electron chi connectivity index (χ2n) is 9.08. The number of hydrogen-bond donors (Lipinski definition) is 1. The molecule has 3 aromatic carbocycles. The molecule has 0 spiro atoms. The van der Waals surface area contributed by atoms with Crippen LogP contribution in [0.4, 0.5) is 10.1 Å². The maximum absolute atomic E-state index is 14.6. The fourth-order valence-electron chi connectivity index (χ4n) is 3.98. The van der Waals surface area contributed by atoms with Crippen molar-refractivity contribution >= 4 is 27.5 Å². The zero-order valence-corrected chi connectivity index (χ0v) is 23.4. The summed E-state index contributed by atoms with van der Waals surface area (Å²) in [7, 11) is -2.84. The summed E-state index contributed by atoms with van der Waals surface area (Å²) < 4.78 is 48.7. The lowest BCUT2D eigenvalue weighted by Gasteiger charge is -2.32. The molecular formula is C29H34FN3O5S. The van der Waals surface area contributed by atoms with Crippen molar-refractivity contribution in [1.82, 2.24) is 10.2 Å². The van der Waals surface area contributed by atoms with Gasteiger partial charge in [0.25, 0.3) is 10.0 Å². The Bertz CT molecular complexity index is 1400. The molecule has 8 nitrogen and oxygen atoms in total. The molecule has 0 fully saturated rings. The van der Waals surface area contributed by atoms with E-state index in [9.17, 15) is 22.4 Å². The number of carbonyl (C=O) groups is 2. The van der Waals surface area contributed by atoms with E-state index in [1.54, 1.807) is 36.4 Å². The first-order valence-electron chi connectivity index (χ1n) is 12.6. The SMILES string of the molecule is CCCNC(=O)[C@H](C)N(Cc1ccccc1F)C(=O)CN(c1ccccc1OC)S(=O)(=O)c1ccc(C)cc1. The molecule has 0 bridgehead atoms. The summed E-state index contributed by atoms with van der Waals surface area (Å²) in [5, 5.41) is 2.75. The maximum atomic E-state index is 14.6. The summed E-state index contributed by atoms with van der Waals surface area (Å²) in [6.45, 7) is 4.80. The Morgan fingerprint density at radius 3 is 2.28 bits per heavy atom. The molecule has 3 rings (SSSR count). The lowest BCUT2D eigenvalue weighted by Crippen LogP contribution is -2.51. The summed E-state index contributed by atoms with van der Waals surface area (Å²) in [6, 6.07) is 17.7. The minimum Gasteiger partial charge on any atom is -0.495 e. The van der Waals surface area contributed by atoms with Crippen LogP contribution in [0.5, 0.6) is 5.75 Å². The van der Waals surface area contributed by atoms with Gasteiger partial charge in [-0.3, -0.25) is 13.9 Å². The molecule has 208 valence electrons. The molecule has 3 aromatic rings. The number of carbonyl (C=O) groups excluding carboxylic acids is 2. The zero-order valence-electron chi connectivity index (χ0n) is 22.6. The van der Waals surface area contributed by atoms with Crippen LogP contribution in [0.1, 0.15) is 31.4 Å². The van der Waals surface area contributed by atoms with E-state index in [4.69, 9.17) is 4.74 Å². The second kappa shape index (κ2) is 13.2. The Balaban J connectivity index is 2.07. The molecule has 2 amide bonds. The first-order chi connectivity index (χ1) is 18.6. The number of hydrogen-bond acceptors (Lipinski definition) is 5. The van der Waals surface area contributed by atoms with Crippen LogP contribution >= 0.6 is 0 Å². The van der Waals surface area contributed by atoms with Gasteiger partial charge in [0.1, 0.15) is 24.2 Å². The largest absolute Gasteiger partial charge is 0.495 e. The Kier molecular flexibility index (Phi) is 10.1. The van der Waals surface area contributed by atoms with E-state index in [0.717, 1.165) is 9.87 Å². The molecule has 39 heavy (non-hydrogen) atoms. The van der Waals surface area contributed by atoms with Gasteiger partial charge in [0.2, 0.25) is 11.8 Å². The Morgan fingerprint density at radius 2 is 1.64 bits per heavy atom. The first kappa shape index (κ1) is 29.6. The molecule has 0 saturated carbocycles. The maximum Gasteiger partial charge on any atom is 0.264 e. The number of amides is 2. The summed E-state index contributed by atoms with van der Waals surface area (Å²) in [5.41, 5.74) is 1.23. The lowest BCUT2D eigenvalue weighted by atomic mass is 10.1. The Labute approximate surface area is 229 Å². The van der Waals surface area contributed by atoms with Gasteiger partial charge in [-0.15, -0.1) is 0 Å². The quantitative estimate of drug-likeness (QED) is 0.360. The Hall–Kier alpha value is -3.92. The van der Waals surface area contributed by atoms with Crippen molar-refractivity contribution in [3.8, 4) is 5.75 Å². The van der Waals surface area contributed by atoms with Crippen LogP contribution < -0.4 is 14.4 Å². The normalized spacial score (nSPS) is 11.9. The van der Waals surface area contributed by atoms with E-state index in [0.29, 0.717) is 13.0 Å². The van der Waals surface area contributed by atoms with Crippen molar-refractivity contribution in [2.75, 3.05) is 24.5 Å². The van der Waals surface area contributed by atoms with Gasteiger partial charge in [0.15, 0.2) is 0 Å². The topological polar surface area (TPSA) is 96.0 Å². The Morgan fingerprint density at radius 1 is 1.00 bits per heavy atom. The average molecular weight is 556 g/mol. The van der Waals surface area contributed by atoms with Gasteiger partial charge in [0.05, 0.1) is 17.7 Å². The average Bonchev–Trinajstić information content (AvgIpc) is 2.93. The van der Waals surface area contributed by atoms with Crippen LogP contribution in [0.15, 0.2) is 77.7 Å². The summed E-state index contributed by atoms with van der Waals surface area (Å²) >= 11 is 0. The highest BCUT2D eigenvalue weighted by Gasteiger charge is 2.34. The van der Waals surface area contributed by atoms with Crippen LogP contribution in [0.25, 0.3) is 0 Å². The highest BCUT2D eigenvalue weighted by molar-refractivity contribution is 7.92. The number of methoxy groups -OCH3 is 1. The molecule has 0 aliphatic rings. The van der Waals surface area contributed by atoms with E-state index in [1.807, 2.05) is 13.8 Å². The highest BCUT2D eigenvalue weighted by atomic mass is 32.2. The number of benzene rings is 3. The third kappa shape index (κ3) is 7.14. The molecule has 0 heterocycles. The third-order valence-electron chi connectivity index (χ3n) is 6.26. The molecule has 1 N–H and O–H groups in total. The third-order valence-corrected chi connectivity index (χ3v) is 8.03. The molecule has 0 aromatic heterocycles. The molecule has 0 aliphatic carbocycles. The van der Waals surface area contributed by atoms with Crippen molar-refractivity contribution < 1.29 is 27.1 Å². The van der Waals surface area contributed by atoms with Crippen LogP contribution in [0, 0.1) is 12.7 Å². The number of para-hydroxylation sites is 2. The van der Waals surface area contributed by atoms with Gasteiger partial charge in [-0.05, 0) is 50.6 Å². The number of nitrogens with one attached hydrogen (secondary N) is 1. The molecule has 0 unspecified atom stereocenters. The molecule has 0 saturated heterocycles. The monoisotopic (exact) mass is 555 g/mol. The van der Waals surface area contributed by atoms with E-state index < -0.39 is 40.2 Å². The fourth-order valence-corrected chi connectivity index (χ4v) is 5.40. The first-order valence-corrected chi connectivity index (χ1v) is 14.1. The molecule has 1 atom stereocenters. The molecule has 10 heteroatoms. The van der Waals surface area contributed by atoms with Gasteiger partial charge in [-0.25, -0.2) is 12.8 Å². The van der Waals surface area contributed by atoms with Crippen molar-refractivity contribution in [2.24, 2.45) is 0 Å². The highest BCUT2D eigenvalue weighted by Crippen LogP contribution is 2.32. The van der Waals surface area contributed by atoms with Gasteiger partial charge >= 0.3 is 0 Å². The van der Waals surface area contributed by atoms with Gasteiger partial charge in [-0.2, -0.15) is 0 Å². The lowest BCUT2D eigenvalue weighted by molar-refractivity contribution is -0.139. The molecule has 0 aliphatic heterocycles. The number of ether oxygens (including phenoxy) is 1. The van der Waals surface area contributed by atoms with Crippen molar-refractivity contribution in [3.05, 3.63) is 89.7 Å². The van der Waals surface area contributed by atoms with Crippen molar-refractivity contribution in [1.29, 1.82) is 0 Å². The predicted molar refractivity (Wildman–Crippen MR) is 148 cm³/mol. The molecular weight excluding hydrogens is 521 g/mol. The van der Waals surface area contributed by atoms with Crippen molar-refractivity contribution in [3.63, 3.8) is 0 Å². The number of rotatable bonds is 12. The van der Waals surface area contributed by atoms with E-state index in [2.05, 4.69) is 5.32 Å². The van der Waals surface area contributed by atoms with Crippen LogP contribution in [-0.4, -0.2) is 51.4 Å². The number of nitrogens with zero attached hydrogens (tertiary/aromatic N) is 2. The second-order valence-corrected chi connectivity index (χ2v) is 10.9. The fraction of sp³-hybridized carbons (Fsp3) is 0.310. The van der Waals surface area contributed by atoms with E-state index in [1.165, 1.54) is 55.3 Å². The molecule has 0 radical (unpaired) electrons. The van der Waals surface area contributed by atoms with E-state index >= 15 is 0 Å². The predicted octanol–water partition coefficient (Wildman–Crippen LogP) is 4.28. The van der Waals surface area contributed by atoms with Crippen LogP contribution in [0.2, 0.25) is 0 Å². The summed E-state index contributed by atoms with van der Waals surface area (Å²) in [5.74, 6) is -1.40. The van der Waals surface area contributed by atoms with Crippen LogP contribution in [-0.2, 0) is 26.2 Å². The smallest absolute Gasteiger partial charge is 0.264 e. The van der Waals surface area contributed by atoms with Crippen LogP contribution in [0.3, 0.4) is 0 Å². The van der Waals surface area contributed by atoms with Gasteiger partial charge < -0.3 is 15.0 Å². The summed E-state index contributed by atoms with van der Waals surface area (Å²) in [6.07, 6.45) is 0.691. The standard InChI is InChI=1S/C29H34FN3O5S/c1-5-18-31-29(35)22(3)32(19-23-10-6-7-11-25(23)30)28(34)20-33(26-12-8-9-13-27(26)38-4)39(36,37)24-16-14-21(2)15-17-24/h6-17,22H,5,18-20H2,1-4H3,(H,31,35)/t22-/m0/s1. The zero-order chi connectivity index (χ0) is 28.6. The number of halogens is 1. The van der Waals surface area contributed by atoms with Gasteiger partial charge in [-0.1, -0.05) is 55.0 Å². The minimum atomic E-state index is -4.24. The number of anilines is 1. The van der Waals surface area contributed by atoms with E-state index in [-0.39, 0.29) is 28.4 Å². The minimum absolute atomic E-state index is 0.0128. The van der Waals surface area contributed by atoms with Gasteiger partial charge in [0, 0.05) is 18.7 Å². The number of sulfonamides is 1.